The minimum atomic E-state index is -0.750. The number of anilines is 2. The average molecular weight is 469 g/mol. The Hall–Kier alpha value is -4.06. The van der Waals surface area contributed by atoms with Crippen molar-refractivity contribution >= 4 is 28.8 Å². The number of hydrogen-bond donors (Lipinski definition) is 1. The molecule has 1 amide bonds. The number of aliphatic hydroxyl groups is 1. The average Bonchev–Trinajstić information content (AvgIpc) is 3.51. The maximum Gasteiger partial charge on any atom is 0.300 e. The van der Waals surface area contributed by atoms with E-state index in [2.05, 4.69) is 4.90 Å². The molecule has 178 valence electrons. The zero-order valence-corrected chi connectivity index (χ0v) is 19.9. The SMILES string of the molecule is COc1cccc(/C(O)=C2\C(=O)C(=O)N(c3ccc(N4CCCC4)cc3)C2c2ccccc2C)c1. The van der Waals surface area contributed by atoms with Gasteiger partial charge < -0.3 is 14.7 Å². The first-order valence-corrected chi connectivity index (χ1v) is 11.9. The fourth-order valence-electron chi connectivity index (χ4n) is 5.01. The lowest BCUT2D eigenvalue weighted by molar-refractivity contribution is -0.132. The maximum absolute atomic E-state index is 13.4. The Labute approximate surface area is 205 Å². The lowest BCUT2D eigenvalue weighted by Crippen LogP contribution is -2.29. The molecule has 5 rings (SSSR count). The Morgan fingerprint density at radius 3 is 2.29 bits per heavy atom. The van der Waals surface area contributed by atoms with Crippen molar-refractivity contribution in [3.8, 4) is 5.75 Å². The van der Waals surface area contributed by atoms with Crippen LogP contribution in [-0.2, 0) is 9.59 Å². The van der Waals surface area contributed by atoms with E-state index in [9.17, 15) is 14.7 Å². The van der Waals surface area contributed by atoms with Crippen molar-refractivity contribution in [1.82, 2.24) is 0 Å². The molecule has 0 bridgehead atoms. The standard InChI is InChI=1S/C29H28N2O4/c1-19-8-3-4-11-24(19)26-25(27(32)20-9-7-10-23(18-20)35-2)28(33)29(34)31(26)22-14-12-21(13-15-22)30-16-5-6-17-30/h3-4,7-15,18,26,32H,5-6,16-17H2,1-2H3/b27-25+. The van der Waals surface area contributed by atoms with Gasteiger partial charge in [0.05, 0.1) is 18.7 Å². The van der Waals surface area contributed by atoms with Crippen LogP contribution in [0.5, 0.6) is 5.75 Å². The molecule has 2 aliphatic heterocycles. The van der Waals surface area contributed by atoms with Crippen molar-refractivity contribution in [3.63, 3.8) is 0 Å². The predicted molar refractivity (Wildman–Crippen MR) is 137 cm³/mol. The third kappa shape index (κ3) is 4.05. The number of aliphatic hydroxyl groups excluding tert-OH is 1. The molecule has 35 heavy (non-hydrogen) atoms. The molecule has 1 unspecified atom stereocenters. The highest BCUT2D eigenvalue weighted by Crippen LogP contribution is 2.43. The smallest absolute Gasteiger partial charge is 0.300 e. The number of aryl methyl sites for hydroxylation is 1. The van der Waals surface area contributed by atoms with Gasteiger partial charge in [0.2, 0.25) is 0 Å². The molecule has 0 saturated carbocycles. The van der Waals surface area contributed by atoms with E-state index in [1.165, 1.54) is 24.9 Å². The van der Waals surface area contributed by atoms with Gasteiger partial charge in [0, 0.05) is 30.0 Å². The topological polar surface area (TPSA) is 70.1 Å². The van der Waals surface area contributed by atoms with Crippen LogP contribution in [0.3, 0.4) is 0 Å². The number of benzene rings is 3. The summed E-state index contributed by atoms with van der Waals surface area (Å²) in [5.41, 5.74) is 3.93. The van der Waals surface area contributed by atoms with Gasteiger partial charge in [-0.2, -0.15) is 0 Å². The summed E-state index contributed by atoms with van der Waals surface area (Å²) in [6, 6.07) is 21.5. The van der Waals surface area contributed by atoms with Crippen molar-refractivity contribution in [3.05, 3.63) is 95.1 Å². The van der Waals surface area contributed by atoms with Gasteiger partial charge in [-0.25, -0.2) is 0 Å². The van der Waals surface area contributed by atoms with Crippen LogP contribution in [0.1, 0.15) is 35.6 Å². The molecule has 0 aromatic heterocycles. The summed E-state index contributed by atoms with van der Waals surface area (Å²) in [4.78, 5) is 30.6. The zero-order valence-electron chi connectivity index (χ0n) is 19.9. The van der Waals surface area contributed by atoms with Crippen LogP contribution in [0.2, 0.25) is 0 Å². The first-order valence-electron chi connectivity index (χ1n) is 11.9. The van der Waals surface area contributed by atoms with Crippen LogP contribution < -0.4 is 14.5 Å². The van der Waals surface area contributed by atoms with Crippen molar-refractivity contribution < 1.29 is 19.4 Å². The maximum atomic E-state index is 13.4. The van der Waals surface area contributed by atoms with E-state index >= 15 is 0 Å². The van der Waals surface area contributed by atoms with E-state index in [-0.39, 0.29) is 11.3 Å². The number of amides is 1. The van der Waals surface area contributed by atoms with Crippen LogP contribution >= 0.6 is 0 Å². The fraction of sp³-hybridized carbons (Fsp3) is 0.241. The summed E-state index contributed by atoms with van der Waals surface area (Å²) in [5.74, 6) is -1.03. The zero-order chi connectivity index (χ0) is 24.5. The monoisotopic (exact) mass is 468 g/mol. The predicted octanol–water partition coefficient (Wildman–Crippen LogP) is 5.23. The van der Waals surface area contributed by atoms with Gasteiger partial charge in [-0.15, -0.1) is 0 Å². The van der Waals surface area contributed by atoms with Gasteiger partial charge in [-0.1, -0.05) is 36.4 Å². The number of ketones is 1. The number of Topliss-reactive ketones (excluding diaryl/α,β-unsaturated/α-hetero) is 1. The van der Waals surface area contributed by atoms with E-state index in [0.717, 1.165) is 29.9 Å². The minimum Gasteiger partial charge on any atom is -0.507 e. The Morgan fingerprint density at radius 2 is 1.60 bits per heavy atom. The number of hydrogen-bond acceptors (Lipinski definition) is 5. The molecular weight excluding hydrogens is 440 g/mol. The van der Waals surface area contributed by atoms with Crippen molar-refractivity contribution in [2.24, 2.45) is 0 Å². The van der Waals surface area contributed by atoms with Crippen molar-refractivity contribution in [2.75, 3.05) is 30.0 Å². The van der Waals surface area contributed by atoms with Gasteiger partial charge in [0.25, 0.3) is 11.7 Å². The molecule has 0 radical (unpaired) electrons. The third-order valence-electron chi connectivity index (χ3n) is 6.87. The molecule has 0 aliphatic carbocycles. The lowest BCUT2D eigenvalue weighted by Gasteiger charge is -2.27. The molecule has 2 heterocycles. The number of rotatable bonds is 5. The highest BCUT2D eigenvalue weighted by atomic mass is 16.5. The van der Waals surface area contributed by atoms with Crippen molar-refractivity contribution in [2.45, 2.75) is 25.8 Å². The summed E-state index contributed by atoms with van der Waals surface area (Å²) in [7, 11) is 1.54. The summed E-state index contributed by atoms with van der Waals surface area (Å²) in [6.07, 6.45) is 2.35. The normalized spacial score (nSPS) is 19.4. The second-order valence-electron chi connectivity index (χ2n) is 8.97. The van der Waals surface area contributed by atoms with Gasteiger partial charge >= 0.3 is 0 Å². The highest BCUT2D eigenvalue weighted by Gasteiger charge is 2.47. The number of methoxy groups -OCH3 is 1. The van der Waals surface area contributed by atoms with Crippen LogP contribution in [0.25, 0.3) is 5.76 Å². The highest BCUT2D eigenvalue weighted by molar-refractivity contribution is 6.51. The molecule has 1 atom stereocenters. The van der Waals surface area contributed by atoms with E-state index in [4.69, 9.17) is 4.74 Å². The Balaban J connectivity index is 1.65. The van der Waals surface area contributed by atoms with Gasteiger partial charge in [0.1, 0.15) is 11.5 Å². The second-order valence-corrected chi connectivity index (χ2v) is 8.97. The molecule has 3 aromatic rings. The molecule has 1 N–H and O–H groups in total. The minimum absolute atomic E-state index is 0.0705. The van der Waals surface area contributed by atoms with E-state index in [1.54, 1.807) is 24.3 Å². The molecule has 0 spiro atoms. The molecule has 3 aromatic carbocycles. The van der Waals surface area contributed by atoms with Crippen LogP contribution in [-0.4, -0.2) is 37.0 Å². The molecule has 2 saturated heterocycles. The fourth-order valence-corrected chi connectivity index (χ4v) is 5.01. The molecule has 2 aliphatic rings. The quantitative estimate of drug-likeness (QED) is 0.315. The van der Waals surface area contributed by atoms with E-state index in [1.807, 2.05) is 55.5 Å². The second kappa shape index (κ2) is 9.29. The van der Waals surface area contributed by atoms with Crippen LogP contribution in [0.15, 0.2) is 78.4 Å². The third-order valence-corrected chi connectivity index (χ3v) is 6.87. The molecule has 2 fully saturated rings. The number of carbonyl (C=O) groups excluding carboxylic acids is 2. The summed E-state index contributed by atoms with van der Waals surface area (Å²) in [6.45, 7) is 3.98. The van der Waals surface area contributed by atoms with Crippen LogP contribution in [0, 0.1) is 6.92 Å². The van der Waals surface area contributed by atoms with Crippen molar-refractivity contribution in [1.29, 1.82) is 0 Å². The van der Waals surface area contributed by atoms with Gasteiger partial charge in [0.15, 0.2) is 0 Å². The lowest BCUT2D eigenvalue weighted by atomic mass is 9.92. The number of nitrogens with zero attached hydrogens (tertiary/aromatic N) is 2. The van der Waals surface area contributed by atoms with Crippen LogP contribution in [0.4, 0.5) is 11.4 Å². The molecule has 6 heteroatoms. The largest absolute Gasteiger partial charge is 0.507 e. The first-order chi connectivity index (χ1) is 17.0. The Kier molecular flexibility index (Phi) is 6.03. The Morgan fingerprint density at radius 1 is 0.914 bits per heavy atom. The number of ether oxygens (including phenoxy) is 1. The summed E-state index contributed by atoms with van der Waals surface area (Å²) >= 11 is 0. The molecular formula is C29H28N2O4. The van der Waals surface area contributed by atoms with Gasteiger partial charge in [-0.05, 0) is 67.3 Å². The summed E-state index contributed by atoms with van der Waals surface area (Å²) < 4.78 is 5.29. The summed E-state index contributed by atoms with van der Waals surface area (Å²) in [5, 5.41) is 11.3. The Bertz CT molecular complexity index is 1310. The van der Waals surface area contributed by atoms with E-state index in [0.29, 0.717) is 17.0 Å². The van der Waals surface area contributed by atoms with E-state index < -0.39 is 17.7 Å². The number of carbonyl (C=O) groups is 2. The molecule has 6 nitrogen and oxygen atoms in total. The van der Waals surface area contributed by atoms with Gasteiger partial charge in [-0.3, -0.25) is 14.5 Å². The first kappa shape index (κ1) is 22.7.